The van der Waals surface area contributed by atoms with Crippen LogP contribution in [-0.4, -0.2) is 19.7 Å². The number of hydrogen-bond donors (Lipinski definition) is 1. The highest BCUT2D eigenvalue weighted by molar-refractivity contribution is 5.84. The third kappa shape index (κ3) is 1.96. The van der Waals surface area contributed by atoms with Crippen LogP contribution < -0.4 is 5.32 Å². The van der Waals surface area contributed by atoms with Crippen molar-refractivity contribution in [3.05, 3.63) is 40.2 Å². The Balaban J connectivity index is 2.03. The molecule has 0 radical (unpaired) electrons. The fourth-order valence-corrected chi connectivity index (χ4v) is 1.97. The standard InChI is InChI=1S/C12H11N5O3/c1-7-8(6-16(2)15-7)13-12-14-11-9(17(18)19)4-3-5-10(11)20-12/h3-6H,1-2H3,(H,13,14). The number of nitro groups is 1. The molecule has 0 aliphatic rings. The van der Waals surface area contributed by atoms with Crippen LogP contribution in [0.15, 0.2) is 28.8 Å². The number of nitro benzene ring substituents is 1. The zero-order valence-corrected chi connectivity index (χ0v) is 10.8. The van der Waals surface area contributed by atoms with Crippen LogP contribution in [0.4, 0.5) is 17.4 Å². The summed E-state index contributed by atoms with van der Waals surface area (Å²) >= 11 is 0. The fraction of sp³-hybridized carbons (Fsp3) is 0.167. The molecule has 1 N–H and O–H groups in total. The molecular weight excluding hydrogens is 262 g/mol. The van der Waals surface area contributed by atoms with Gasteiger partial charge in [-0.25, -0.2) is 0 Å². The Morgan fingerprint density at radius 2 is 2.25 bits per heavy atom. The van der Waals surface area contributed by atoms with E-state index in [0.29, 0.717) is 5.58 Å². The van der Waals surface area contributed by atoms with Crippen LogP contribution in [0.5, 0.6) is 0 Å². The molecular formula is C12H11N5O3. The summed E-state index contributed by atoms with van der Waals surface area (Å²) in [7, 11) is 1.80. The van der Waals surface area contributed by atoms with Crippen LogP contribution in [0.3, 0.4) is 0 Å². The Kier molecular flexibility index (Phi) is 2.63. The molecule has 3 aromatic rings. The van der Waals surface area contributed by atoms with Crippen molar-refractivity contribution >= 4 is 28.5 Å². The molecule has 0 saturated carbocycles. The van der Waals surface area contributed by atoms with E-state index in [1.807, 2.05) is 6.92 Å². The third-order valence-corrected chi connectivity index (χ3v) is 2.85. The zero-order chi connectivity index (χ0) is 14.3. The van der Waals surface area contributed by atoms with Gasteiger partial charge in [-0.05, 0) is 13.0 Å². The number of para-hydroxylation sites is 1. The molecule has 3 rings (SSSR count). The summed E-state index contributed by atoms with van der Waals surface area (Å²) in [5.41, 5.74) is 2.03. The van der Waals surface area contributed by atoms with Gasteiger partial charge in [-0.2, -0.15) is 10.1 Å². The topological polar surface area (TPSA) is 99.0 Å². The Morgan fingerprint density at radius 3 is 2.90 bits per heavy atom. The van der Waals surface area contributed by atoms with Crippen molar-refractivity contribution < 1.29 is 9.34 Å². The highest BCUT2D eigenvalue weighted by Crippen LogP contribution is 2.29. The summed E-state index contributed by atoms with van der Waals surface area (Å²) in [6.45, 7) is 1.84. The summed E-state index contributed by atoms with van der Waals surface area (Å²) in [5, 5.41) is 18.1. The van der Waals surface area contributed by atoms with Crippen LogP contribution in [0.2, 0.25) is 0 Å². The van der Waals surface area contributed by atoms with Crippen LogP contribution >= 0.6 is 0 Å². The third-order valence-electron chi connectivity index (χ3n) is 2.85. The number of aromatic nitrogens is 3. The van der Waals surface area contributed by atoms with Crippen molar-refractivity contribution in [2.24, 2.45) is 7.05 Å². The van der Waals surface area contributed by atoms with Crippen molar-refractivity contribution in [2.45, 2.75) is 6.92 Å². The molecule has 0 bridgehead atoms. The fourth-order valence-electron chi connectivity index (χ4n) is 1.97. The maximum absolute atomic E-state index is 10.9. The summed E-state index contributed by atoms with van der Waals surface area (Å²) in [4.78, 5) is 14.6. The number of anilines is 2. The van der Waals surface area contributed by atoms with E-state index in [2.05, 4.69) is 15.4 Å². The van der Waals surface area contributed by atoms with Crippen molar-refractivity contribution in [3.8, 4) is 0 Å². The van der Waals surface area contributed by atoms with Crippen LogP contribution in [-0.2, 0) is 7.05 Å². The minimum atomic E-state index is -0.482. The molecule has 0 fully saturated rings. The van der Waals surface area contributed by atoms with Gasteiger partial charge < -0.3 is 9.73 Å². The largest absolute Gasteiger partial charge is 0.423 e. The normalized spacial score (nSPS) is 10.9. The van der Waals surface area contributed by atoms with Gasteiger partial charge in [0.1, 0.15) is 0 Å². The van der Waals surface area contributed by atoms with Gasteiger partial charge in [0, 0.05) is 19.3 Å². The Morgan fingerprint density at radius 1 is 1.45 bits per heavy atom. The molecule has 0 aliphatic heterocycles. The molecule has 0 atom stereocenters. The summed E-state index contributed by atoms with van der Waals surface area (Å²) in [6, 6.07) is 4.79. The number of nitrogens with one attached hydrogen (secondary N) is 1. The van der Waals surface area contributed by atoms with Gasteiger partial charge in [-0.1, -0.05) is 6.07 Å². The quantitative estimate of drug-likeness (QED) is 0.581. The maximum Gasteiger partial charge on any atom is 0.300 e. The summed E-state index contributed by atoms with van der Waals surface area (Å²) in [6.07, 6.45) is 1.78. The monoisotopic (exact) mass is 273 g/mol. The van der Waals surface area contributed by atoms with E-state index in [-0.39, 0.29) is 17.2 Å². The van der Waals surface area contributed by atoms with E-state index in [1.54, 1.807) is 30.1 Å². The van der Waals surface area contributed by atoms with Gasteiger partial charge in [0.25, 0.3) is 5.69 Å². The molecule has 102 valence electrons. The number of nitrogens with zero attached hydrogens (tertiary/aromatic N) is 4. The first-order chi connectivity index (χ1) is 9.54. The Hall–Kier alpha value is -2.90. The van der Waals surface area contributed by atoms with E-state index in [1.165, 1.54) is 6.07 Å². The molecule has 0 saturated heterocycles. The molecule has 20 heavy (non-hydrogen) atoms. The lowest BCUT2D eigenvalue weighted by Gasteiger charge is -1.96. The molecule has 0 aliphatic carbocycles. The SMILES string of the molecule is Cc1nn(C)cc1Nc1nc2c([N+](=O)[O-])cccc2o1. The van der Waals surface area contributed by atoms with E-state index in [4.69, 9.17) is 4.42 Å². The van der Waals surface area contributed by atoms with E-state index >= 15 is 0 Å². The van der Waals surface area contributed by atoms with E-state index < -0.39 is 4.92 Å². The Labute approximate surface area is 113 Å². The van der Waals surface area contributed by atoms with E-state index in [9.17, 15) is 10.1 Å². The lowest BCUT2D eigenvalue weighted by atomic mass is 10.3. The van der Waals surface area contributed by atoms with Gasteiger partial charge in [-0.15, -0.1) is 0 Å². The molecule has 0 unspecified atom stereocenters. The number of non-ortho nitro benzene ring substituents is 1. The number of rotatable bonds is 3. The van der Waals surface area contributed by atoms with Crippen LogP contribution in [0.1, 0.15) is 5.69 Å². The summed E-state index contributed by atoms with van der Waals surface area (Å²) < 4.78 is 7.12. The van der Waals surface area contributed by atoms with Gasteiger partial charge in [0.15, 0.2) is 11.1 Å². The first kappa shape index (κ1) is 12.2. The van der Waals surface area contributed by atoms with Gasteiger partial charge in [0.2, 0.25) is 0 Å². The molecule has 2 aromatic heterocycles. The molecule has 1 aromatic carbocycles. The number of aryl methyl sites for hydroxylation is 2. The second-order valence-electron chi connectivity index (χ2n) is 4.33. The van der Waals surface area contributed by atoms with Crippen molar-refractivity contribution in [2.75, 3.05) is 5.32 Å². The lowest BCUT2D eigenvalue weighted by molar-refractivity contribution is -0.383. The van der Waals surface area contributed by atoms with Crippen molar-refractivity contribution in [1.29, 1.82) is 0 Å². The van der Waals surface area contributed by atoms with Crippen LogP contribution in [0, 0.1) is 17.0 Å². The lowest BCUT2D eigenvalue weighted by Crippen LogP contribution is -1.91. The minimum absolute atomic E-state index is 0.0813. The average molecular weight is 273 g/mol. The molecule has 0 amide bonds. The van der Waals surface area contributed by atoms with E-state index in [0.717, 1.165) is 11.4 Å². The smallest absolute Gasteiger partial charge is 0.300 e. The van der Waals surface area contributed by atoms with Crippen molar-refractivity contribution in [3.63, 3.8) is 0 Å². The first-order valence-electron chi connectivity index (χ1n) is 5.86. The first-order valence-corrected chi connectivity index (χ1v) is 5.86. The van der Waals surface area contributed by atoms with Crippen molar-refractivity contribution in [1.82, 2.24) is 14.8 Å². The second-order valence-corrected chi connectivity index (χ2v) is 4.33. The average Bonchev–Trinajstić information content (AvgIpc) is 2.92. The molecule has 2 heterocycles. The number of fused-ring (bicyclic) bond motifs is 1. The Bertz CT molecular complexity index is 805. The number of hydrogen-bond acceptors (Lipinski definition) is 6. The highest BCUT2D eigenvalue weighted by atomic mass is 16.6. The minimum Gasteiger partial charge on any atom is -0.423 e. The van der Waals surface area contributed by atoms with Crippen LogP contribution in [0.25, 0.3) is 11.1 Å². The molecule has 8 heteroatoms. The molecule has 8 nitrogen and oxygen atoms in total. The predicted molar refractivity (Wildman–Crippen MR) is 71.9 cm³/mol. The highest BCUT2D eigenvalue weighted by Gasteiger charge is 2.18. The zero-order valence-electron chi connectivity index (χ0n) is 10.8. The summed E-state index contributed by atoms with van der Waals surface area (Å²) in [5.74, 6) is 0. The van der Waals surface area contributed by atoms with Gasteiger partial charge >= 0.3 is 6.01 Å². The maximum atomic E-state index is 10.9. The number of oxazole rings is 1. The second kappa shape index (κ2) is 4.34. The molecule has 0 spiro atoms. The van der Waals surface area contributed by atoms with Gasteiger partial charge in [0.05, 0.1) is 16.3 Å². The predicted octanol–water partition coefficient (Wildman–Crippen LogP) is 2.52. The van der Waals surface area contributed by atoms with Gasteiger partial charge in [-0.3, -0.25) is 14.8 Å². The number of benzene rings is 1.